The molecule has 0 aliphatic carbocycles. The molecule has 0 bridgehead atoms. The van der Waals surface area contributed by atoms with Gasteiger partial charge >= 0.3 is 0 Å². The number of ether oxygens (including phenoxy) is 1. The molecule has 0 aliphatic heterocycles. The van der Waals surface area contributed by atoms with Crippen LogP contribution >= 0.6 is 15.9 Å². The van der Waals surface area contributed by atoms with Crippen molar-refractivity contribution in [3.63, 3.8) is 0 Å². The number of rotatable bonds is 12. The van der Waals surface area contributed by atoms with Gasteiger partial charge in [-0.25, -0.2) is 8.42 Å². The summed E-state index contributed by atoms with van der Waals surface area (Å²) in [5.41, 5.74) is 1.32. The van der Waals surface area contributed by atoms with E-state index in [0.717, 1.165) is 15.4 Å². The normalized spacial score (nSPS) is 12.2. The SMILES string of the molecule is COc1cccc(CN(C(=O)CN(c2cccc(Br)c2)S(=O)(=O)c2ccccc2)[C@H](Cc2ccccc2)C(=O)NC(C)(C)C)c1. The van der Waals surface area contributed by atoms with E-state index in [0.29, 0.717) is 15.9 Å². The molecular weight excluding hydrogens is 654 g/mol. The third-order valence-corrected chi connectivity index (χ3v) is 9.24. The Morgan fingerprint density at radius 1 is 0.844 bits per heavy atom. The van der Waals surface area contributed by atoms with Crippen molar-refractivity contribution in [2.75, 3.05) is 18.0 Å². The van der Waals surface area contributed by atoms with Crippen molar-refractivity contribution in [1.82, 2.24) is 10.2 Å². The zero-order valence-corrected chi connectivity index (χ0v) is 28.2. The summed E-state index contributed by atoms with van der Waals surface area (Å²) in [6, 6.07) is 30.5. The van der Waals surface area contributed by atoms with Crippen molar-refractivity contribution >= 4 is 43.5 Å². The molecule has 4 rings (SSSR count). The molecule has 1 N–H and O–H groups in total. The van der Waals surface area contributed by atoms with Crippen molar-refractivity contribution < 1.29 is 22.7 Å². The molecular formula is C35H38BrN3O5S. The minimum absolute atomic E-state index is 0.0444. The number of anilines is 1. The maximum Gasteiger partial charge on any atom is 0.264 e. The number of halogens is 1. The van der Waals surface area contributed by atoms with Crippen molar-refractivity contribution in [2.45, 2.75) is 50.2 Å². The van der Waals surface area contributed by atoms with E-state index in [1.165, 1.54) is 17.0 Å². The van der Waals surface area contributed by atoms with Crippen LogP contribution in [-0.4, -0.2) is 50.4 Å². The fraction of sp³-hybridized carbons (Fsp3) is 0.257. The van der Waals surface area contributed by atoms with Crippen molar-refractivity contribution in [2.24, 2.45) is 0 Å². The lowest BCUT2D eigenvalue weighted by Crippen LogP contribution is -2.56. The Morgan fingerprint density at radius 2 is 1.47 bits per heavy atom. The van der Waals surface area contributed by atoms with Crippen molar-refractivity contribution in [3.8, 4) is 5.75 Å². The van der Waals surface area contributed by atoms with E-state index >= 15 is 0 Å². The molecule has 8 nitrogen and oxygen atoms in total. The highest BCUT2D eigenvalue weighted by Crippen LogP contribution is 2.27. The molecule has 45 heavy (non-hydrogen) atoms. The van der Waals surface area contributed by atoms with Gasteiger partial charge in [-0.05, 0) is 74.4 Å². The number of sulfonamides is 1. The molecule has 0 fully saturated rings. The molecule has 0 spiro atoms. The predicted molar refractivity (Wildman–Crippen MR) is 180 cm³/mol. The Kier molecular flexibility index (Phi) is 11.1. The first-order valence-electron chi connectivity index (χ1n) is 14.5. The van der Waals surface area contributed by atoms with Crippen LogP contribution in [0.4, 0.5) is 5.69 Å². The summed E-state index contributed by atoms with van der Waals surface area (Å²) in [4.78, 5) is 30.0. The van der Waals surface area contributed by atoms with Crippen LogP contribution in [0, 0.1) is 0 Å². The molecule has 0 radical (unpaired) electrons. The molecule has 4 aromatic rings. The molecule has 10 heteroatoms. The highest BCUT2D eigenvalue weighted by molar-refractivity contribution is 9.10. The van der Waals surface area contributed by atoms with Crippen LogP contribution < -0.4 is 14.4 Å². The largest absolute Gasteiger partial charge is 0.497 e. The summed E-state index contributed by atoms with van der Waals surface area (Å²) in [6.07, 6.45) is 0.223. The Balaban J connectivity index is 1.82. The van der Waals surface area contributed by atoms with E-state index in [-0.39, 0.29) is 23.8 Å². The van der Waals surface area contributed by atoms with Gasteiger partial charge in [0.05, 0.1) is 17.7 Å². The smallest absolute Gasteiger partial charge is 0.264 e. The maximum atomic E-state index is 14.5. The second-order valence-corrected chi connectivity index (χ2v) is 14.4. The van der Waals surface area contributed by atoms with Gasteiger partial charge in [-0.3, -0.25) is 13.9 Å². The summed E-state index contributed by atoms with van der Waals surface area (Å²) in [5, 5.41) is 3.04. The Hall–Kier alpha value is -4.15. The lowest BCUT2D eigenvalue weighted by atomic mass is 10.0. The minimum Gasteiger partial charge on any atom is -0.497 e. The first kappa shape index (κ1) is 33.7. The fourth-order valence-corrected chi connectivity index (χ4v) is 6.67. The number of hydrogen-bond donors (Lipinski definition) is 1. The summed E-state index contributed by atoms with van der Waals surface area (Å²) < 4.78 is 35.3. The maximum absolute atomic E-state index is 14.5. The molecule has 236 valence electrons. The molecule has 2 amide bonds. The van der Waals surface area contributed by atoms with E-state index < -0.39 is 34.1 Å². The van der Waals surface area contributed by atoms with Crippen LogP contribution in [-0.2, 0) is 32.6 Å². The molecule has 0 saturated carbocycles. The van der Waals surface area contributed by atoms with Crippen molar-refractivity contribution in [1.29, 1.82) is 0 Å². The topological polar surface area (TPSA) is 96.0 Å². The standard InChI is InChI=1S/C35H38BrN3O5S/c1-35(2,3)37-34(41)32(22-26-13-7-5-8-14-26)38(24-27-15-11-18-30(21-27)44-4)33(40)25-39(29-17-12-16-28(36)23-29)45(42,43)31-19-9-6-10-20-31/h5-21,23,32H,22,24-25H2,1-4H3,(H,37,41)/t32-/m1/s1. The summed E-state index contributed by atoms with van der Waals surface area (Å²) >= 11 is 3.43. The first-order valence-corrected chi connectivity index (χ1v) is 16.7. The molecule has 1 atom stereocenters. The zero-order valence-electron chi connectivity index (χ0n) is 25.8. The van der Waals surface area contributed by atoms with Crippen LogP contribution in [0.5, 0.6) is 5.75 Å². The number of carbonyl (C=O) groups excluding carboxylic acids is 2. The highest BCUT2D eigenvalue weighted by atomic mass is 79.9. The molecule has 0 heterocycles. The van der Waals surface area contributed by atoms with Gasteiger partial charge in [-0.15, -0.1) is 0 Å². The number of amides is 2. The van der Waals surface area contributed by atoms with Crippen LogP contribution in [0.3, 0.4) is 0 Å². The number of benzene rings is 4. The number of nitrogens with one attached hydrogen (secondary N) is 1. The van der Waals surface area contributed by atoms with Gasteiger partial charge in [0, 0.05) is 23.0 Å². The second-order valence-electron chi connectivity index (χ2n) is 11.6. The van der Waals surface area contributed by atoms with Gasteiger partial charge in [0.15, 0.2) is 0 Å². The fourth-order valence-electron chi connectivity index (χ4n) is 4.85. The predicted octanol–water partition coefficient (Wildman–Crippen LogP) is 6.21. The van der Waals surface area contributed by atoms with E-state index in [1.807, 2.05) is 63.2 Å². The molecule has 4 aromatic carbocycles. The third kappa shape index (κ3) is 9.18. The van der Waals surface area contributed by atoms with Crippen LogP contribution in [0.2, 0.25) is 0 Å². The second kappa shape index (κ2) is 14.8. The van der Waals surface area contributed by atoms with E-state index in [4.69, 9.17) is 4.74 Å². The number of carbonyl (C=O) groups is 2. The van der Waals surface area contributed by atoms with Gasteiger partial charge in [0.2, 0.25) is 11.8 Å². The lowest BCUT2D eigenvalue weighted by molar-refractivity contribution is -0.140. The van der Waals surface area contributed by atoms with Crippen LogP contribution in [0.1, 0.15) is 31.9 Å². The Morgan fingerprint density at radius 3 is 2.09 bits per heavy atom. The molecule has 0 unspecified atom stereocenters. The van der Waals surface area contributed by atoms with E-state index in [9.17, 15) is 18.0 Å². The van der Waals surface area contributed by atoms with E-state index in [2.05, 4.69) is 21.2 Å². The average Bonchev–Trinajstić information content (AvgIpc) is 3.01. The molecule has 0 aliphatic rings. The third-order valence-electron chi connectivity index (χ3n) is 6.96. The van der Waals surface area contributed by atoms with Crippen LogP contribution in [0.25, 0.3) is 0 Å². The van der Waals surface area contributed by atoms with Gasteiger partial charge in [0.25, 0.3) is 10.0 Å². The molecule has 0 aromatic heterocycles. The minimum atomic E-state index is -4.17. The Bertz CT molecular complexity index is 1710. The highest BCUT2D eigenvalue weighted by Gasteiger charge is 2.35. The van der Waals surface area contributed by atoms with Gasteiger partial charge in [-0.2, -0.15) is 0 Å². The summed E-state index contributed by atoms with van der Waals surface area (Å²) in [6.45, 7) is 5.13. The monoisotopic (exact) mass is 691 g/mol. The number of methoxy groups -OCH3 is 1. The number of nitrogens with zero attached hydrogens (tertiary/aromatic N) is 2. The average molecular weight is 693 g/mol. The summed E-state index contributed by atoms with van der Waals surface area (Å²) in [5.74, 6) is -0.286. The van der Waals surface area contributed by atoms with Gasteiger partial charge in [-0.1, -0.05) is 82.7 Å². The van der Waals surface area contributed by atoms with Gasteiger partial charge in [0.1, 0.15) is 18.3 Å². The van der Waals surface area contributed by atoms with Crippen molar-refractivity contribution in [3.05, 3.63) is 125 Å². The Labute approximate surface area is 274 Å². The van der Waals surface area contributed by atoms with Crippen LogP contribution in [0.15, 0.2) is 119 Å². The zero-order chi connectivity index (χ0) is 32.6. The van der Waals surface area contributed by atoms with Gasteiger partial charge < -0.3 is 15.0 Å². The summed E-state index contributed by atoms with van der Waals surface area (Å²) in [7, 11) is -2.62. The lowest BCUT2D eigenvalue weighted by Gasteiger charge is -2.35. The number of hydrogen-bond acceptors (Lipinski definition) is 5. The first-order chi connectivity index (χ1) is 21.4. The molecule has 0 saturated heterocycles. The van der Waals surface area contributed by atoms with E-state index in [1.54, 1.807) is 61.7 Å². The quantitative estimate of drug-likeness (QED) is 0.191.